The van der Waals surface area contributed by atoms with Crippen molar-refractivity contribution < 1.29 is 29.1 Å². The maximum Gasteiger partial charge on any atom is 0.489 e. The summed E-state index contributed by atoms with van der Waals surface area (Å²) in [6.07, 6.45) is 1.78. The Hall–Kier alpha value is -1.70. The molecule has 7 heteroatoms. The molecule has 0 bridgehead atoms. The van der Waals surface area contributed by atoms with Gasteiger partial charge in [0, 0.05) is 18.6 Å². The molecule has 1 aromatic carbocycles. The van der Waals surface area contributed by atoms with E-state index in [4.69, 9.17) is 9.47 Å². The molecule has 0 saturated carbocycles. The van der Waals surface area contributed by atoms with Gasteiger partial charge in [0.25, 0.3) is 0 Å². The average molecular weight is 306 g/mol. The van der Waals surface area contributed by atoms with Crippen LogP contribution in [0.3, 0.4) is 0 Å². The van der Waals surface area contributed by atoms with Crippen molar-refractivity contribution in [2.75, 3.05) is 19.8 Å². The Morgan fingerprint density at radius 2 is 2.09 bits per heavy atom. The Morgan fingerprint density at radius 1 is 1.41 bits per heavy atom. The second-order valence-electron chi connectivity index (χ2n) is 5.64. The third-order valence-electron chi connectivity index (χ3n) is 4.12. The molecule has 1 aromatic rings. The molecule has 1 aliphatic heterocycles. The average Bonchev–Trinajstić information content (AvgIpc) is 2.52. The van der Waals surface area contributed by atoms with Crippen molar-refractivity contribution in [1.29, 1.82) is 0 Å². The number of rotatable bonds is 6. The van der Waals surface area contributed by atoms with Gasteiger partial charge in [0.15, 0.2) is 12.1 Å². The van der Waals surface area contributed by atoms with E-state index in [0.717, 1.165) is 0 Å². The highest BCUT2D eigenvalue weighted by molar-refractivity contribution is 6.60. The van der Waals surface area contributed by atoms with Gasteiger partial charge in [-0.15, -0.1) is 0 Å². The second-order valence-corrected chi connectivity index (χ2v) is 5.64. The number of carbonyl (C=O) groups excluding carboxylic acids is 2. The maximum atomic E-state index is 12.3. The summed E-state index contributed by atoms with van der Waals surface area (Å²) in [5.41, 5.74) is -0.382. The Morgan fingerprint density at radius 3 is 2.68 bits per heavy atom. The molecular weight excluding hydrogens is 287 g/mol. The lowest BCUT2D eigenvalue weighted by Gasteiger charge is -2.31. The van der Waals surface area contributed by atoms with Crippen molar-refractivity contribution in [3.05, 3.63) is 23.8 Å². The first-order chi connectivity index (χ1) is 10.5. The molecule has 0 radical (unpaired) electrons. The smallest absolute Gasteiger partial charge is 0.485 e. The molecule has 1 fully saturated rings. The van der Waals surface area contributed by atoms with E-state index in [2.05, 4.69) is 0 Å². The summed E-state index contributed by atoms with van der Waals surface area (Å²) in [7, 11) is -1.77. The quantitative estimate of drug-likeness (QED) is 0.565. The van der Waals surface area contributed by atoms with Crippen molar-refractivity contribution in [1.82, 2.24) is 0 Å². The number of ether oxygens (including phenoxy) is 2. The number of ketones is 1. The van der Waals surface area contributed by atoms with Gasteiger partial charge in [-0.2, -0.15) is 0 Å². The van der Waals surface area contributed by atoms with E-state index >= 15 is 0 Å². The van der Waals surface area contributed by atoms with Crippen LogP contribution in [0.4, 0.5) is 0 Å². The topological polar surface area (TPSA) is 93.1 Å². The molecule has 6 nitrogen and oxygen atoms in total. The van der Waals surface area contributed by atoms with Crippen molar-refractivity contribution in [3.63, 3.8) is 0 Å². The molecule has 0 spiro atoms. The Bertz CT molecular complexity index is 551. The van der Waals surface area contributed by atoms with Crippen LogP contribution in [0.25, 0.3) is 0 Å². The summed E-state index contributed by atoms with van der Waals surface area (Å²) in [4.78, 5) is 23.5. The van der Waals surface area contributed by atoms with Crippen LogP contribution < -0.4 is 10.2 Å². The fourth-order valence-corrected chi connectivity index (χ4v) is 2.46. The van der Waals surface area contributed by atoms with Crippen molar-refractivity contribution in [2.45, 2.75) is 19.8 Å². The summed E-state index contributed by atoms with van der Waals surface area (Å²) in [6, 6.07) is 4.48. The fourth-order valence-electron chi connectivity index (χ4n) is 2.46. The van der Waals surface area contributed by atoms with Gasteiger partial charge >= 0.3 is 7.12 Å². The van der Waals surface area contributed by atoms with Gasteiger partial charge in [0.1, 0.15) is 12.4 Å². The third-order valence-corrected chi connectivity index (χ3v) is 4.12. The van der Waals surface area contributed by atoms with Crippen molar-refractivity contribution in [3.8, 4) is 5.75 Å². The molecule has 2 rings (SSSR count). The molecule has 1 heterocycles. The van der Waals surface area contributed by atoms with Crippen LogP contribution >= 0.6 is 0 Å². The largest absolute Gasteiger partial charge is 0.489 e. The van der Waals surface area contributed by atoms with Gasteiger partial charge in [-0.25, -0.2) is 0 Å². The van der Waals surface area contributed by atoms with Gasteiger partial charge < -0.3 is 19.5 Å². The monoisotopic (exact) mass is 306 g/mol. The first kappa shape index (κ1) is 16.7. The van der Waals surface area contributed by atoms with Crippen LogP contribution in [0, 0.1) is 5.41 Å². The molecule has 1 aliphatic rings. The number of carbonyl (C=O) groups is 2. The predicted octanol–water partition coefficient (Wildman–Crippen LogP) is -0.0565. The highest BCUT2D eigenvalue weighted by Gasteiger charge is 2.35. The Kier molecular flexibility index (Phi) is 5.34. The maximum absolute atomic E-state index is 12.3. The summed E-state index contributed by atoms with van der Waals surface area (Å²) in [5.74, 6) is 0.118. The minimum atomic E-state index is -1.77. The number of hydrogen-bond donors (Lipinski definition) is 2. The molecule has 1 saturated heterocycles. The van der Waals surface area contributed by atoms with E-state index in [1.807, 2.05) is 6.92 Å². The highest BCUT2D eigenvalue weighted by atomic mass is 16.5. The van der Waals surface area contributed by atoms with Crippen molar-refractivity contribution >= 4 is 24.7 Å². The van der Waals surface area contributed by atoms with Crippen LogP contribution in [0.2, 0.25) is 0 Å². The van der Waals surface area contributed by atoms with Crippen LogP contribution in [-0.4, -0.2) is 49.1 Å². The SMILES string of the molecule is CC1(C(=O)COc2cccc(B(O)O)c2C=O)CCOCC1. The van der Waals surface area contributed by atoms with Gasteiger partial charge in [0.05, 0.1) is 5.56 Å². The molecule has 0 aliphatic carbocycles. The Balaban J connectivity index is 2.09. The molecule has 22 heavy (non-hydrogen) atoms. The first-order valence-electron chi connectivity index (χ1n) is 7.16. The normalized spacial score (nSPS) is 16.9. The van der Waals surface area contributed by atoms with Gasteiger partial charge in [0.2, 0.25) is 0 Å². The number of benzene rings is 1. The molecule has 0 atom stereocenters. The number of aldehydes is 1. The first-order valence-corrected chi connectivity index (χ1v) is 7.16. The lowest BCUT2D eigenvalue weighted by Crippen LogP contribution is -2.38. The predicted molar refractivity (Wildman–Crippen MR) is 80.3 cm³/mol. The zero-order chi connectivity index (χ0) is 16.2. The molecule has 0 aromatic heterocycles. The molecular formula is C15H19BO6. The van der Waals surface area contributed by atoms with Crippen LogP contribution in [0.1, 0.15) is 30.1 Å². The zero-order valence-corrected chi connectivity index (χ0v) is 12.4. The second kappa shape index (κ2) is 7.04. The number of hydrogen-bond acceptors (Lipinski definition) is 6. The third kappa shape index (κ3) is 3.55. The van der Waals surface area contributed by atoms with E-state index in [0.29, 0.717) is 32.3 Å². The number of Topliss-reactive ketones (excluding diaryl/α,β-unsaturated/α-hetero) is 1. The zero-order valence-electron chi connectivity index (χ0n) is 12.4. The van der Waals surface area contributed by atoms with Crippen LogP contribution in [-0.2, 0) is 9.53 Å². The lowest BCUT2D eigenvalue weighted by atomic mass is 9.77. The summed E-state index contributed by atoms with van der Waals surface area (Å²) in [5, 5.41) is 18.5. The summed E-state index contributed by atoms with van der Waals surface area (Å²) in [6.45, 7) is 2.82. The van der Waals surface area contributed by atoms with E-state index in [9.17, 15) is 19.6 Å². The highest BCUT2D eigenvalue weighted by Crippen LogP contribution is 2.31. The van der Waals surface area contributed by atoms with Crippen molar-refractivity contribution in [2.24, 2.45) is 5.41 Å². The van der Waals surface area contributed by atoms with Crippen LogP contribution in [0.5, 0.6) is 5.75 Å². The van der Waals surface area contributed by atoms with Crippen LogP contribution in [0.15, 0.2) is 18.2 Å². The minimum Gasteiger partial charge on any atom is -0.485 e. The van der Waals surface area contributed by atoms with Gasteiger partial charge in [-0.1, -0.05) is 19.1 Å². The summed E-state index contributed by atoms with van der Waals surface area (Å²) >= 11 is 0. The molecule has 118 valence electrons. The minimum absolute atomic E-state index is 0.0439. The van der Waals surface area contributed by atoms with E-state index in [-0.39, 0.29) is 29.2 Å². The molecule has 0 unspecified atom stereocenters. The van der Waals surface area contributed by atoms with E-state index in [1.165, 1.54) is 18.2 Å². The standard InChI is InChI=1S/C15H19BO6/c1-15(5-7-21-8-6-15)14(18)10-22-13-4-2-3-12(16(19)20)11(13)9-17/h2-4,9,19-20H,5-8,10H2,1H3. The molecule has 0 amide bonds. The Labute approximate surface area is 129 Å². The van der Waals surface area contributed by atoms with Gasteiger partial charge in [-0.3, -0.25) is 9.59 Å². The lowest BCUT2D eigenvalue weighted by molar-refractivity contribution is -0.135. The molecule has 2 N–H and O–H groups in total. The fraction of sp³-hybridized carbons (Fsp3) is 0.467. The van der Waals surface area contributed by atoms with E-state index in [1.54, 1.807) is 0 Å². The summed E-state index contributed by atoms with van der Waals surface area (Å²) < 4.78 is 10.7. The van der Waals surface area contributed by atoms with E-state index < -0.39 is 12.5 Å². The van der Waals surface area contributed by atoms with Gasteiger partial charge in [-0.05, 0) is 24.4 Å².